The number of fused-ring (bicyclic) bond motifs is 12. The fourth-order valence-electron chi connectivity index (χ4n) is 10.00. The third-order valence-electron chi connectivity index (χ3n) is 13.1. The molecule has 0 aliphatic rings. The maximum atomic E-state index is 6.91. The van der Waals surface area contributed by atoms with E-state index in [2.05, 4.69) is 211 Å². The van der Waals surface area contributed by atoms with E-state index in [1.165, 1.54) is 43.4 Å². The Morgan fingerprint density at radius 3 is 1.39 bits per heavy atom. The van der Waals surface area contributed by atoms with Crippen molar-refractivity contribution in [3.05, 3.63) is 206 Å². The molecule has 64 heavy (non-hydrogen) atoms. The molecule has 0 unspecified atom stereocenters. The lowest BCUT2D eigenvalue weighted by Crippen LogP contribution is -2.00. The number of hydrogen-bond donors (Lipinski definition) is 0. The van der Waals surface area contributed by atoms with Gasteiger partial charge < -0.3 is 8.98 Å². The van der Waals surface area contributed by atoms with Crippen LogP contribution in [0.3, 0.4) is 0 Å². The van der Waals surface area contributed by atoms with Crippen molar-refractivity contribution in [1.82, 2.24) is 19.5 Å². The molecule has 11 aromatic carbocycles. The molecule has 0 aliphatic carbocycles. The highest BCUT2D eigenvalue weighted by Gasteiger charge is 2.21. The number of benzene rings is 11. The Balaban J connectivity index is 0.994. The molecule has 296 valence electrons. The van der Waals surface area contributed by atoms with Gasteiger partial charge in [0.1, 0.15) is 11.2 Å². The molecule has 0 N–H and O–H groups in total. The van der Waals surface area contributed by atoms with Crippen LogP contribution < -0.4 is 0 Å². The average molecular weight is 815 g/mol. The second-order valence-electron chi connectivity index (χ2n) is 16.8. The highest BCUT2D eigenvalue weighted by molar-refractivity contribution is 6.22. The van der Waals surface area contributed by atoms with E-state index < -0.39 is 0 Å². The predicted octanol–water partition coefficient (Wildman–Crippen LogP) is 15.6. The van der Waals surface area contributed by atoms with Gasteiger partial charge in [-0.25, -0.2) is 15.0 Å². The van der Waals surface area contributed by atoms with Gasteiger partial charge in [-0.05, 0) is 115 Å². The molecule has 0 bridgehead atoms. The van der Waals surface area contributed by atoms with Gasteiger partial charge in [-0.1, -0.05) is 146 Å². The fourth-order valence-corrected chi connectivity index (χ4v) is 10.00. The molecular weight excluding hydrogens is 781 g/mol. The fraction of sp³-hybridized carbons (Fsp3) is 0. The first-order valence-electron chi connectivity index (χ1n) is 21.7. The van der Waals surface area contributed by atoms with Gasteiger partial charge >= 0.3 is 0 Å². The van der Waals surface area contributed by atoms with Crippen LogP contribution in [0.15, 0.2) is 211 Å². The van der Waals surface area contributed by atoms with Gasteiger partial charge in [0.15, 0.2) is 17.5 Å². The largest absolute Gasteiger partial charge is 0.455 e. The highest BCUT2D eigenvalue weighted by atomic mass is 16.3. The van der Waals surface area contributed by atoms with Gasteiger partial charge in [0.2, 0.25) is 0 Å². The van der Waals surface area contributed by atoms with E-state index in [1.54, 1.807) is 0 Å². The van der Waals surface area contributed by atoms with Gasteiger partial charge in [-0.2, -0.15) is 0 Å². The van der Waals surface area contributed by atoms with E-state index in [9.17, 15) is 0 Å². The van der Waals surface area contributed by atoms with E-state index in [1.807, 2.05) is 0 Å². The quantitative estimate of drug-likeness (QED) is 0.178. The maximum Gasteiger partial charge on any atom is 0.167 e. The lowest BCUT2D eigenvalue weighted by molar-refractivity contribution is 0.670. The van der Waals surface area contributed by atoms with Crippen molar-refractivity contribution in [3.8, 4) is 39.9 Å². The molecule has 5 nitrogen and oxygen atoms in total. The minimum Gasteiger partial charge on any atom is -0.455 e. The van der Waals surface area contributed by atoms with Crippen LogP contribution in [-0.2, 0) is 0 Å². The molecule has 0 aliphatic heterocycles. The van der Waals surface area contributed by atoms with E-state index in [0.29, 0.717) is 17.5 Å². The summed E-state index contributed by atoms with van der Waals surface area (Å²) in [5.41, 5.74) is 7.65. The summed E-state index contributed by atoms with van der Waals surface area (Å²) in [5, 5.41) is 16.3. The van der Waals surface area contributed by atoms with Crippen molar-refractivity contribution in [2.75, 3.05) is 0 Å². The summed E-state index contributed by atoms with van der Waals surface area (Å²) in [6, 6.07) is 73.6. The summed E-state index contributed by atoms with van der Waals surface area (Å²) in [5.74, 6) is 1.77. The molecule has 0 saturated carbocycles. The molecule has 3 aromatic heterocycles. The zero-order valence-electron chi connectivity index (χ0n) is 34.3. The maximum absolute atomic E-state index is 6.91. The van der Waals surface area contributed by atoms with E-state index in [4.69, 9.17) is 19.4 Å². The summed E-state index contributed by atoms with van der Waals surface area (Å²) in [6.07, 6.45) is 0. The predicted molar refractivity (Wildman–Crippen MR) is 265 cm³/mol. The van der Waals surface area contributed by atoms with Crippen LogP contribution in [0.1, 0.15) is 0 Å². The zero-order valence-corrected chi connectivity index (χ0v) is 34.3. The topological polar surface area (TPSA) is 56.7 Å². The molecule has 0 amide bonds. The van der Waals surface area contributed by atoms with Crippen LogP contribution in [0, 0.1) is 0 Å². The van der Waals surface area contributed by atoms with Crippen LogP contribution in [0.25, 0.3) is 137 Å². The summed E-state index contributed by atoms with van der Waals surface area (Å²) >= 11 is 0. The molecule has 0 fully saturated rings. The molecule has 0 atom stereocenters. The minimum atomic E-state index is 0.556. The Hall–Kier alpha value is -8.67. The first kappa shape index (κ1) is 35.0. The molecule has 0 spiro atoms. The van der Waals surface area contributed by atoms with E-state index >= 15 is 0 Å². The first-order chi connectivity index (χ1) is 31.7. The van der Waals surface area contributed by atoms with Crippen LogP contribution >= 0.6 is 0 Å². The summed E-state index contributed by atoms with van der Waals surface area (Å²) in [7, 11) is 0. The minimum absolute atomic E-state index is 0.556. The second kappa shape index (κ2) is 13.4. The summed E-state index contributed by atoms with van der Waals surface area (Å²) < 4.78 is 9.35. The number of hydrogen-bond acceptors (Lipinski definition) is 4. The molecule has 0 radical (unpaired) electrons. The van der Waals surface area contributed by atoms with Crippen LogP contribution in [-0.4, -0.2) is 19.5 Å². The van der Waals surface area contributed by atoms with Crippen molar-refractivity contribution >= 4 is 97.6 Å². The van der Waals surface area contributed by atoms with Crippen LogP contribution in [0.2, 0.25) is 0 Å². The van der Waals surface area contributed by atoms with Crippen molar-refractivity contribution in [3.63, 3.8) is 0 Å². The molecule has 14 aromatic rings. The number of aromatic nitrogens is 4. The number of rotatable bonds is 4. The van der Waals surface area contributed by atoms with Gasteiger partial charge in [0, 0.05) is 38.4 Å². The molecule has 5 heteroatoms. The third kappa shape index (κ3) is 5.34. The summed E-state index contributed by atoms with van der Waals surface area (Å²) in [4.78, 5) is 15.6. The summed E-state index contributed by atoms with van der Waals surface area (Å²) in [6.45, 7) is 0. The first-order valence-corrected chi connectivity index (χ1v) is 21.7. The molecule has 14 rings (SSSR count). The van der Waals surface area contributed by atoms with E-state index in [0.717, 1.165) is 76.6 Å². The van der Waals surface area contributed by atoms with Crippen molar-refractivity contribution in [1.29, 1.82) is 0 Å². The zero-order chi connectivity index (χ0) is 41.9. The lowest BCUT2D eigenvalue weighted by Gasteiger charge is -2.11. The Kier molecular flexibility index (Phi) is 7.33. The number of nitrogens with zero attached hydrogens (tertiary/aromatic N) is 4. The Morgan fingerprint density at radius 2 is 0.812 bits per heavy atom. The standard InChI is InChI=1S/C59H34N4O/c1-3-12-38-28-44(22-20-35(38)10-1)57-60-58(45-23-21-36-11-2-4-13-39(36)29-45)62-59(61-57)48-19-9-18-47-55-49-34-46(26-24-37(49)25-27-54(55)64-56(47)48)63-52-32-42-16-7-5-14-40(42)30-50(52)51-31-41-15-6-8-17-43(41)33-53(51)63/h1-34H. The van der Waals surface area contributed by atoms with Crippen molar-refractivity contribution in [2.45, 2.75) is 0 Å². The Labute approximate surface area is 366 Å². The van der Waals surface area contributed by atoms with Crippen LogP contribution in [0.5, 0.6) is 0 Å². The lowest BCUT2D eigenvalue weighted by atomic mass is 10.0. The monoisotopic (exact) mass is 814 g/mol. The van der Waals surface area contributed by atoms with Gasteiger partial charge in [0.05, 0.1) is 16.6 Å². The van der Waals surface area contributed by atoms with Gasteiger partial charge in [0.25, 0.3) is 0 Å². The van der Waals surface area contributed by atoms with Crippen molar-refractivity contribution in [2.24, 2.45) is 0 Å². The molecule has 3 heterocycles. The average Bonchev–Trinajstić information content (AvgIpc) is 3.89. The number of furan rings is 1. The highest BCUT2D eigenvalue weighted by Crippen LogP contribution is 2.42. The third-order valence-corrected chi connectivity index (χ3v) is 13.1. The van der Waals surface area contributed by atoms with Crippen LogP contribution in [0.4, 0.5) is 0 Å². The molecule has 0 saturated heterocycles. The van der Waals surface area contributed by atoms with Gasteiger partial charge in [-0.15, -0.1) is 0 Å². The second-order valence-corrected chi connectivity index (χ2v) is 16.8. The SMILES string of the molecule is c1ccc2cc(-c3nc(-c4ccc5ccccc5c4)nc(-c4cccc5c4oc4ccc6ccc(-n7c8cc9ccccc9cc8c8cc9ccccc9cc87)cc6c45)n3)ccc2c1. The smallest absolute Gasteiger partial charge is 0.167 e. The Morgan fingerprint density at radius 1 is 0.328 bits per heavy atom. The van der Waals surface area contributed by atoms with Crippen molar-refractivity contribution < 1.29 is 4.42 Å². The van der Waals surface area contributed by atoms with E-state index in [-0.39, 0.29) is 0 Å². The van der Waals surface area contributed by atoms with Gasteiger partial charge in [-0.3, -0.25) is 0 Å². The normalized spacial score (nSPS) is 12.1. The Bertz CT molecular complexity index is 4080. The number of para-hydroxylation sites is 1. The molecular formula is C59H34N4O.